The van der Waals surface area contributed by atoms with Crippen LogP contribution in [0, 0.1) is 62.3 Å². The lowest BCUT2D eigenvalue weighted by Crippen LogP contribution is -1.82. The van der Waals surface area contributed by atoms with Crippen LogP contribution in [0.2, 0.25) is 0 Å². The molecular weight excluding hydrogens is 789 g/mol. The Bertz CT molecular complexity index is 1480. The number of hydrogen-bond donors (Lipinski definition) is 5. The highest BCUT2D eigenvalue weighted by Gasteiger charge is 1.98. The summed E-state index contributed by atoms with van der Waals surface area (Å²) in [5.74, 6) is 1.77. The van der Waals surface area contributed by atoms with E-state index in [1.54, 1.807) is 54.6 Å². The van der Waals surface area contributed by atoms with Crippen molar-refractivity contribution in [2.75, 3.05) is 0 Å². The summed E-state index contributed by atoms with van der Waals surface area (Å²) in [4.78, 5) is 0. The highest BCUT2D eigenvalue weighted by atomic mass is 16.3. The molecule has 5 rings (SSSR count). The molecule has 0 fully saturated rings. The predicted molar refractivity (Wildman–Crippen MR) is 297 cm³/mol. The van der Waals surface area contributed by atoms with Crippen molar-refractivity contribution < 1.29 is 25.5 Å². The minimum Gasteiger partial charge on any atom is -0.508 e. The molecule has 0 heterocycles. The third kappa shape index (κ3) is 57.1. The van der Waals surface area contributed by atoms with E-state index >= 15 is 0 Å². The van der Waals surface area contributed by atoms with Crippen LogP contribution in [-0.2, 0) is 0 Å². The zero-order valence-electron chi connectivity index (χ0n) is 47.5. The molecule has 0 bridgehead atoms. The fraction of sp³-hybridized carbons (Fsp3) is 0.492. The molecule has 0 radical (unpaired) electrons. The first-order valence-electron chi connectivity index (χ1n) is 24.4. The lowest BCUT2D eigenvalue weighted by molar-refractivity contribution is 0.470. The van der Waals surface area contributed by atoms with Crippen molar-refractivity contribution in [3.05, 3.63) is 147 Å². The number of phenolic OH excluding ortho intramolecular Hbond substituents is 5. The Kier molecular flexibility index (Phi) is 86.9. The van der Waals surface area contributed by atoms with Gasteiger partial charge in [-0.3, -0.25) is 0 Å². The molecule has 374 valence electrons. The third-order valence-corrected chi connectivity index (χ3v) is 6.52. The van der Waals surface area contributed by atoms with Gasteiger partial charge in [-0.2, -0.15) is 0 Å². The Balaban J connectivity index is -0.0000000648. The smallest absolute Gasteiger partial charge is 0.119 e. The van der Waals surface area contributed by atoms with E-state index < -0.39 is 0 Å². The predicted octanol–water partition coefficient (Wildman–Crippen LogP) is 20.0. The Morgan fingerprint density at radius 1 is 0.234 bits per heavy atom. The van der Waals surface area contributed by atoms with E-state index in [-0.39, 0.29) is 0 Å². The van der Waals surface area contributed by atoms with E-state index in [9.17, 15) is 5.11 Å². The summed E-state index contributed by atoms with van der Waals surface area (Å²) < 4.78 is 0. The second-order valence-corrected chi connectivity index (χ2v) is 11.0. The number of phenols is 5. The Hall–Kier alpha value is -4.90. The van der Waals surface area contributed by atoms with Gasteiger partial charge in [0.25, 0.3) is 0 Å². The molecule has 0 saturated heterocycles. The van der Waals surface area contributed by atoms with E-state index in [1.807, 2.05) is 237 Å². The molecule has 64 heavy (non-hydrogen) atoms. The van der Waals surface area contributed by atoms with Crippen LogP contribution in [0.25, 0.3) is 0 Å². The molecule has 5 N–H and O–H groups in total. The Morgan fingerprint density at radius 2 is 0.578 bits per heavy atom. The summed E-state index contributed by atoms with van der Waals surface area (Å²) in [6, 6.07) is 29.0. The molecule has 5 nitrogen and oxygen atoms in total. The number of aromatic hydroxyl groups is 5. The van der Waals surface area contributed by atoms with Gasteiger partial charge < -0.3 is 25.5 Å². The SMILES string of the molecule is CC.CC.CC.CC.CC.CC.CC.CC.CC.CC.Cc1cc(C)c(C)c(O)c1.Cc1cc(C)cc(O)c1.Cc1ccc(O)cc1.Cc1ccc(O)cc1C.Cc1cccc(O)c1. The zero-order chi connectivity index (χ0) is 53.4. The average molecular weight is 898 g/mol. The number of hydrogen-bond acceptors (Lipinski definition) is 5. The fourth-order valence-corrected chi connectivity index (χ4v) is 3.87. The summed E-state index contributed by atoms with van der Waals surface area (Å²) in [6.45, 7) is 57.8. The molecule has 0 atom stereocenters. The molecule has 0 aromatic heterocycles. The van der Waals surface area contributed by atoms with Crippen molar-refractivity contribution in [3.8, 4) is 28.7 Å². The minimum atomic E-state index is 0.329. The van der Waals surface area contributed by atoms with Crippen LogP contribution in [-0.4, -0.2) is 25.5 Å². The van der Waals surface area contributed by atoms with Crippen LogP contribution in [0.4, 0.5) is 0 Å². The van der Waals surface area contributed by atoms with E-state index in [0.29, 0.717) is 28.7 Å². The number of rotatable bonds is 0. The summed E-state index contributed by atoms with van der Waals surface area (Å²) in [5.41, 5.74) is 10.1. The van der Waals surface area contributed by atoms with Gasteiger partial charge >= 0.3 is 0 Å². The highest BCUT2D eigenvalue weighted by molar-refractivity contribution is 5.40. The Morgan fingerprint density at radius 3 is 0.859 bits per heavy atom. The first-order valence-corrected chi connectivity index (χ1v) is 24.4. The van der Waals surface area contributed by atoms with Gasteiger partial charge in [0.2, 0.25) is 0 Å². The lowest BCUT2D eigenvalue weighted by Gasteiger charge is -2.03. The van der Waals surface area contributed by atoms with Crippen LogP contribution >= 0.6 is 0 Å². The quantitative estimate of drug-likeness (QED) is 0.107. The first-order chi connectivity index (χ1) is 30.6. The minimum absolute atomic E-state index is 0.329. The van der Waals surface area contributed by atoms with Gasteiger partial charge in [0, 0.05) is 0 Å². The van der Waals surface area contributed by atoms with Gasteiger partial charge in [-0.1, -0.05) is 187 Å². The molecule has 0 amide bonds. The standard InChI is InChI=1S/C9H12O.2C8H10O.2C7H8O.10C2H6/c1-6-4-7(2)8(3)9(10)5-6;1-6-3-7(2)5-8(9)4-6;1-6-3-4-8(9)5-7(6)2;1-6-2-4-7(8)5-3-6;1-6-3-2-4-7(8)5-6;10*1-2/h4-5,10H,1-3H3;2*3-5,9H,1-2H3;2*2-5,8H,1H3;10*1-2H3. The van der Waals surface area contributed by atoms with E-state index in [2.05, 4.69) is 6.07 Å². The largest absolute Gasteiger partial charge is 0.508 e. The van der Waals surface area contributed by atoms with Crippen molar-refractivity contribution in [1.82, 2.24) is 0 Å². The second-order valence-electron chi connectivity index (χ2n) is 11.0. The monoisotopic (exact) mass is 897 g/mol. The number of benzene rings is 5. The van der Waals surface area contributed by atoms with Gasteiger partial charge in [0.15, 0.2) is 0 Å². The molecule has 0 saturated carbocycles. The van der Waals surface area contributed by atoms with Crippen LogP contribution in [0.1, 0.15) is 189 Å². The molecule has 0 aliphatic carbocycles. The van der Waals surface area contributed by atoms with Gasteiger partial charge in [-0.25, -0.2) is 0 Å². The third-order valence-electron chi connectivity index (χ3n) is 6.52. The summed E-state index contributed by atoms with van der Waals surface area (Å²) in [7, 11) is 0. The maximum absolute atomic E-state index is 9.28. The second kappa shape index (κ2) is 67.2. The van der Waals surface area contributed by atoms with Crippen LogP contribution in [0.5, 0.6) is 28.7 Å². The number of aryl methyl sites for hydroxylation is 8. The van der Waals surface area contributed by atoms with Gasteiger partial charge in [-0.05, 0) is 161 Å². The topological polar surface area (TPSA) is 101 Å². The van der Waals surface area contributed by atoms with Crippen molar-refractivity contribution in [2.24, 2.45) is 0 Å². The van der Waals surface area contributed by atoms with Gasteiger partial charge in [0.05, 0.1) is 0 Å². The van der Waals surface area contributed by atoms with E-state index in [0.717, 1.165) is 38.9 Å². The van der Waals surface area contributed by atoms with E-state index in [1.165, 1.54) is 11.1 Å². The van der Waals surface area contributed by atoms with Gasteiger partial charge in [-0.15, -0.1) is 0 Å². The van der Waals surface area contributed by atoms with Crippen molar-refractivity contribution in [3.63, 3.8) is 0 Å². The molecule has 0 aliphatic rings. The van der Waals surface area contributed by atoms with Gasteiger partial charge in [0.1, 0.15) is 28.7 Å². The zero-order valence-corrected chi connectivity index (χ0v) is 47.5. The normalized spacial score (nSPS) is 7.45. The summed E-state index contributed by atoms with van der Waals surface area (Å²) >= 11 is 0. The van der Waals surface area contributed by atoms with Crippen molar-refractivity contribution in [1.29, 1.82) is 0 Å². The summed E-state index contributed by atoms with van der Waals surface area (Å²) in [5, 5.41) is 44.8. The van der Waals surface area contributed by atoms with Crippen LogP contribution < -0.4 is 0 Å². The molecule has 5 heteroatoms. The molecular formula is C59H108O5. The Labute approximate surface area is 400 Å². The van der Waals surface area contributed by atoms with E-state index in [4.69, 9.17) is 20.4 Å². The van der Waals surface area contributed by atoms with Crippen LogP contribution in [0.15, 0.2) is 97.1 Å². The first kappa shape index (κ1) is 82.8. The average Bonchev–Trinajstić information content (AvgIpc) is 3.32. The molecule has 0 aliphatic heterocycles. The highest BCUT2D eigenvalue weighted by Crippen LogP contribution is 2.21. The molecule has 5 aromatic rings. The molecule has 0 spiro atoms. The summed E-state index contributed by atoms with van der Waals surface area (Å²) in [6.07, 6.45) is 0. The molecule has 0 unspecified atom stereocenters. The van der Waals surface area contributed by atoms with Crippen molar-refractivity contribution in [2.45, 2.75) is 201 Å². The fourth-order valence-electron chi connectivity index (χ4n) is 3.87. The van der Waals surface area contributed by atoms with Crippen molar-refractivity contribution >= 4 is 0 Å². The maximum Gasteiger partial charge on any atom is 0.119 e. The van der Waals surface area contributed by atoms with Crippen LogP contribution in [0.3, 0.4) is 0 Å². The maximum atomic E-state index is 9.28. The lowest BCUT2D eigenvalue weighted by atomic mass is 10.1. The molecule has 5 aromatic carbocycles.